The van der Waals surface area contributed by atoms with Crippen LogP contribution in [0, 0.1) is 0 Å². The van der Waals surface area contributed by atoms with Gasteiger partial charge in [-0.25, -0.2) is 5.43 Å². The van der Waals surface area contributed by atoms with Crippen molar-refractivity contribution in [3.8, 4) is 11.5 Å². The quantitative estimate of drug-likeness (QED) is 0.419. The van der Waals surface area contributed by atoms with Gasteiger partial charge in [-0.05, 0) is 36.6 Å². The van der Waals surface area contributed by atoms with Crippen LogP contribution in [0.25, 0.3) is 0 Å². The van der Waals surface area contributed by atoms with E-state index in [9.17, 15) is 14.7 Å². The van der Waals surface area contributed by atoms with Crippen LogP contribution < -0.4 is 15.5 Å². The van der Waals surface area contributed by atoms with E-state index in [0.29, 0.717) is 11.3 Å². The number of ether oxygens (including phenoxy) is 1. The number of rotatable bonds is 6. The Hall–Kier alpha value is -2.57. The molecule has 0 heterocycles. The first-order valence-electron chi connectivity index (χ1n) is 8.07. The van der Waals surface area contributed by atoms with Crippen molar-refractivity contribution < 1.29 is 19.4 Å². The largest absolute Gasteiger partial charge is 0.504 e. The second-order valence-electron chi connectivity index (χ2n) is 5.80. The lowest BCUT2D eigenvalue weighted by Gasteiger charge is -2.22. The van der Waals surface area contributed by atoms with Gasteiger partial charge in [-0.3, -0.25) is 9.59 Å². The molecule has 1 aromatic rings. The Balaban J connectivity index is 1.76. The molecule has 24 heavy (non-hydrogen) atoms. The zero-order valence-electron chi connectivity index (χ0n) is 13.7. The van der Waals surface area contributed by atoms with E-state index in [1.807, 2.05) is 0 Å². The van der Waals surface area contributed by atoms with Crippen molar-refractivity contribution in [2.75, 3.05) is 7.11 Å². The van der Waals surface area contributed by atoms with Gasteiger partial charge >= 0.3 is 0 Å². The van der Waals surface area contributed by atoms with Gasteiger partial charge in [-0.2, -0.15) is 5.10 Å². The van der Waals surface area contributed by atoms with E-state index < -0.39 is 5.91 Å². The van der Waals surface area contributed by atoms with E-state index in [4.69, 9.17) is 4.74 Å². The molecule has 1 aliphatic carbocycles. The number of phenols is 1. The van der Waals surface area contributed by atoms with Crippen LogP contribution in [0.2, 0.25) is 0 Å². The monoisotopic (exact) mass is 333 g/mol. The third kappa shape index (κ3) is 5.57. The lowest BCUT2D eigenvalue weighted by atomic mass is 9.95. The number of hydrazone groups is 1. The number of hydrogen-bond acceptors (Lipinski definition) is 5. The van der Waals surface area contributed by atoms with Crippen molar-refractivity contribution in [3.63, 3.8) is 0 Å². The number of hydrogen-bond donors (Lipinski definition) is 3. The van der Waals surface area contributed by atoms with Crippen LogP contribution in [-0.2, 0) is 9.59 Å². The molecule has 7 heteroatoms. The van der Waals surface area contributed by atoms with Gasteiger partial charge in [0.25, 0.3) is 0 Å². The van der Waals surface area contributed by atoms with Gasteiger partial charge < -0.3 is 15.2 Å². The third-order valence-corrected chi connectivity index (χ3v) is 3.90. The Kier molecular flexibility index (Phi) is 6.60. The predicted molar refractivity (Wildman–Crippen MR) is 90.0 cm³/mol. The molecule has 0 aliphatic heterocycles. The molecule has 0 atom stereocenters. The number of aromatic hydroxyl groups is 1. The van der Waals surface area contributed by atoms with Crippen molar-refractivity contribution in [3.05, 3.63) is 23.8 Å². The summed E-state index contributed by atoms with van der Waals surface area (Å²) < 4.78 is 4.99. The van der Waals surface area contributed by atoms with Gasteiger partial charge in [0, 0.05) is 6.04 Å². The van der Waals surface area contributed by atoms with Crippen molar-refractivity contribution in [1.29, 1.82) is 0 Å². The summed E-state index contributed by atoms with van der Waals surface area (Å²) in [6.07, 6.45) is 6.59. The van der Waals surface area contributed by atoms with Crippen LogP contribution in [0.3, 0.4) is 0 Å². The van der Waals surface area contributed by atoms with Crippen LogP contribution in [0.5, 0.6) is 11.5 Å². The Morgan fingerprint density at radius 1 is 1.29 bits per heavy atom. The molecule has 2 rings (SSSR count). The fourth-order valence-electron chi connectivity index (χ4n) is 2.66. The maximum absolute atomic E-state index is 11.8. The smallest absolute Gasteiger partial charge is 0.249 e. The van der Waals surface area contributed by atoms with E-state index in [0.717, 1.165) is 25.7 Å². The fraction of sp³-hybridized carbons (Fsp3) is 0.471. The molecule has 1 aromatic carbocycles. The predicted octanol–water partition coefficient (Wildman–Crippen LogP) is 1.69. The highest BCUT2D eigenvalue weighted by atomic mass is 16.5. The Bertz CT molecular complexity index is 610. The first kappa shape index (κ1) is 17.8. The summed E-state index contributed by atoms with van der Waals surface area (Å²) in [7, 11) is 1.45. The van der Waals surface area contributed by atoms with Gasteiger partial charge in [-0.15, -0.1) is 0 Å². The number of amides is 2. The lowest BCUT2D eigenvalue weighted by molar-refractivity contribution is -0.129. The van der Waals surface area contributed by atoms with Crippen molar-refractivity contribution in [2.45, 2.75) is 44.6 Å². The first-order chi connectivity index (χ1) is 11.6. The zero-order valence-corrected chi connectivity index (χ0v) is 13.7. The fourth-order valence-corrected chi connectivity index (χ4v) is 2.66. The highest BCUT2D eigenvalue weighted by Gasteiger charge is 2.17. The van der Waals surface area contributed by atoms with Crippen LogP contribution in [0.15, 0.2) is 23.3 Å². The van der Waals surface area contributed by atoms with Gasteiger partial charge in [0.15, 0.2) is 11.5 Å². The lowest BCUT2D eigenvalue weighted by Crippen LogP contribution is -2.38. The first-order valence-corrected chi connectivity index (χ1v) is 8.07. The number of carbonyl (C=O) groups is 2. The molecule has 3 N–H and O–H groups in total. The Morgan fingerprint density at radius 3 is 2.75 bits per heavy atom. The van der Waals surface area contributed by atoms with E-state index in [1.165, 1.54) is 25.8 Å². The summed E-state index contributed by atoms with van der Waals surface area (Å²) in [5.74, 6) is -0.401. The molecule has 1 aliphatic rings. The van der Waals surface area contributed by atoms with Gasteiger partial charge in [0.2, 0.25) is 11.8 Å². The summed E-state index contributed by atoms with van der Waals surface area (Å²) in [6, 6.07) is 4.87. The molecular weight excluding hydrogens is 310 g/mol. The molecule has 130 valence electrons. The number of benzene rings is 1. The molecule has 0 spiro atoms. The zero-order chi connectivity index (χ0) is 17.4. The summed E-state index contributed by atoms with van der Waals surface area (Å²) in [5, 5.41) is 16.2. The summed E-state index contributed by atoms with van der Waals surface area (Å²) >= 11 is 0. The summed E-state index contributed by atoms with van der Waals surface area (Å²) in [4.78, 5) is 23.5. The van der Waals surface area contributed by atoms with Crippen LogP contribution >= 0.6 is 0 Å². The van der Waals surface area contributed by atoms with Crippen molar-refractivity contribution >= 4 is 18.0 Å². The van der Waals surface area contributed by atoms with E-state index in [2.05, 4.69) is 15.8 Å². The van der Waals surface area contributed by atoms with E-state index >= 15 is 0 Å². The molecule has 1 saturated carbocycles. The van der Waals surface area contributed by atoms with Gasteiger partial charge in [0.1, 0.15) is 6.42 Å². The van der Waals surface area contributed by atoms with Crippen LogP contribution in [0.4, 0.5) is 0 Å². The second kappa shape index (κ2) is 8.90. The molecule has 0 bridgehead atoms. The van der Waals surface area contributed by atoms with Crippen LogP contribution in [0.1, 0.15) is 44.1 Å². The molecule has 7 nitrogen and oxygen atoms in total. The normalized spacial score (nSPS) is 15.2. The number of nitrogens with zero attached hydrogens (tertiary/aromatic N) is 1. The maximum Gasteiger partial charge on any atom is 0.249 e. The highest BCUT2D eigenvalue weighted by Crippen LogP contribution is 2.25. The molecule has 0 unspecified atom stereocenters. The van der Waals surface area contributed by atoms with Crippen molar-refractivity contribution in [2.24, 2.45) is 5.10 Å². The van der Waals surface area contributed by atoms with E-state index in [1.54, 1.807) is 12.1 Å². The highest BCUT2D eigenvalue weighted by molar-refractivity contribution is 5.97. The number of carbonyl (C=O) groups excluding carboxylic acids is 2. The molecule has 1 fully saturated rings. The minimum absolute atomic E-state index is 0.0260. The Morgan fingerprint density at radius 2 is 2.04 bits per heavy atom. The molecule has 0 aromatic heterocycles. The van der Waals surface area contributed by atoms with Crippen LogP contribution in [-0.4, -0.2) is 36.3 Å². The summed E-state index contributed by atoms with van der Waals surface area (Å²) in [5.41, 5.74) is 2.97. The van der Waals surface area contributed by atoms with E-state index in [-0.39, 0.29) is 24.1 Å². The van der Waals surface area contributed by atoms with Gasteiger partial charge in [0.05, 0.1) is 13.3 Å². The average molecular weight is 333 g/mol. The van der Waals surface area contributed by atoms with Crippen molar-refractivity contribution in [1.82, 2.24) is 10.7 Å². The number of methoxy groups -OCH3 is 1. The minimum atomic E-state index is -0.467. The molecule has 2 amide bonds. The molecular formula is C17H23N3O4. The topological polar surface area (TPSA) is 100 Å². The summed E-state index contributed by atoms with van der Waals surface area (Å²) in [6.45, 7) is 0. The second-order valence-corrected chi connectivity index (χ2v) is 5.80. The number of nitrogens with one attached hydrogen (secondary N) is 2. The Labute approximate surface area is 141 Å². The SMILES string of the molecule is COc1cc(/C=N/NC(=O)CC(=O)NC2CCCCC2)ccc1O. The minimum Gasteiger partial charge on any atom is -0.504 e. The molecule has 0 saturated heterocycles. The maximum atomic E-state index is 11.8. The van der Waals surface area contributed by atoms with Gasteiger partial charge in [-0.1, -0.05) is 19.3 Å². The molecule has 0 radical (unpaired) electrons. The average Bonchev–Trinajstić information content (AvgIpc) is 2.57. The standard InChI is InChI=1S/C17H23N3O4/c1-24-15-9-12(7-8-14(15)21)11-18-20-17(23)10-16(22)19-13-5-3-2-4-6-13/h7-9,11,13,21H,2-6,10H2,1H3,(H,19,22)(H,20,23)/b18-11+. The number of phenolic OH excluding ortho intramolecular Hbond substituents is 1. The third-order valence-electron chi connectivity index (χ3n) is 3.90.